The van der Waals surface area contributed by atoms with E-state index in [1.165, 1.54) is 24.3 Å². The van der Waals surface area contributed by atoms with Crippen LogP contribution in [0.4, 0.5) is 4.39 Å². The van der Waals surface area contributed by atoms with Crippen molar-refractivity contribution < 1.29 is 29.0 Å². The van der Waals surface area contributed by atoms with Gasteiger partial charge in [-0.3, -0.25) is 9.59 Å². The molecule has 2 atom stereocenters. The maximum absolute atomic E-state index is 12.8. The molecule has 1 aromatic rings. The van der Waals surface area contributed by atoms with Gasteiger partial charge in [-0.1, -0.05) is 12.1 Å². The van der Waals surface area contributed by atoms with Crippen LogP contribution in [0, 0.1) is 11.7 Å². The number of carboxylic acid groups (broad SMARTS) is 2. The maximum atomic E-state index is 12.8. The Morgan fingerprint density at radius 3 is 2.38 bits per heavy atom. The van der Waals surface area contributed by atoms with E-state index in [0.717, 1.165) is 4.90 Å². The number of carboxylic acids is 2. The summed E-state index contributed by atoms with van der Waals surface area (Å²) in [5.41, 5.74) is 0.565. The first-order valence-electron chi connectivity index (χ1n) is 6.38. The molecular weight excluding hydrogens is 281 g/mol. The van der Waals surface area contributed by atoms with E-state index in [9.17, 15) is 23.9 Å². The molecule has 0 bridgehead atoms. The van der Waals surface area contributed by atoms with Crippen molar-refractivity contribution in [3.8, 4) is 0 Å². The zero-order valence-electron chi connectivity index (χ0n) is 11.0. The third-order valence-corrected chi connectivity index (χ3v) is 3.51. The second kappa shape index (κ2) is 5.90. The van der Waals surface area contributed by atoms with Crippen LogP contribution in [0.15, 0.2) is 24.3 Å². The molecule has 7 heteroatoms. The third-order valence-electron chi connectivity index (χ3n) is 3.51. The number of benzene rings is 1. The Morgan fingerprint density at radius 2 is 1.90 bits per heavy atom. The van der Waals surface area contributed by atoms with E-state index in [4.69, 9.17) is 5.11 Å². The van der Waals surface area contributed by atoms with Crippen molar-refractivity contribution in [1.29, 1.82) is 0 Å². The Hall–Kier alpha value is -2.44. The van der Waals surface area contributed by atoms with Gasteiger partial charge < -0.3 is 15.1 Å². The summed E-state index contributed by atoms with van der Waals surface area (Å²) >= 11 is 0. The molecule has 112 valence electrons. The lowest BCUT2D eigenvalue weighted by Gasteiger charge is -2.24. The lowest BCUT2D eigenvalue weighted by atomic mass is 10.0. The lowest BCUT2D eigenvalue weighted by molar-refractivity contribution is -0.148. The van der Waals surface area contributed by atoms with E-state index in [1.807, 2.05) is 0 Å². The summed E-state index contributed by atoms with van der Waals surface area (Å²) in [6, 6.07) is 4.16. The van der Waals surface area contributed by atoms with Crippen molar-refractivity contribution in [2.45, 2.75) is 18.9 Å². The van der Waals surface area contributed by atoms with E-state index >= 15 is 0 Å². The molecule has 1 aliphatic heterocycles. The minimum atomic E-state index is -1.21. The highest BCUT2D eigenvalue weighted by Crippen LogP contribution is 2.22. The summed E-state index contributed by atoms with van der Waals surface area (Å²) in [5.74, 6) is -4.13. The molecular formula is C14H14FNO5. The molecule has 2 rings (SSSR count). The van der Waals surface area contributed by atoms with Crippen LogP contribution in [0.5, 0.6) is 0 Å². The van der Waals surface area contributed by atoms with Gasteiger partial charge in [0, 0.05) is 19.4 Å². The molecule has 0 aromatic heterocycles. The Kier molecular flexibility index (Phi) is 4.21. The number of halogens is 1. The zero-order valence-corrected chi connectivity index (χ0v) is 11.0. The van der Waals surface area contributed by atoms with Crippen LogP contribution in [0.3, 0.4) is 0 Å². The average Bonchev–Trinajstić information content (AvgIpc) is 2.80. The van der Waals surface area contributed by atoms with Crippen molar-refractivity contribution in [3.63, 3.8) is 0 Å². The van der Waals surface area contributed by atoms with Gasteiger partial charge >= 0.3 is 11.9 Å². The number of carbonyl (C=O) groups excluding carboxylic acids is 1. The van der Waals surface area contributed by atoms with Crippen LogP contribution in [-0.2, 0) is 20.8 Å². The number of rotatable bonds is 5. The SMILES string of the molecule is O=C(O)C1CC(=O)N(C(Cc2ccc(F)cc2)C(=O)O)C1. The molecule has 0 spiro atoms. The van der Waals surface area contributed by atoms with Gasteiger partial charge in [0.05, 0.1) is 5.92 Å². The molecule has 1 heterocycles. The summed E-state index contributed by atoms with van der Waals surface area (Å²) in [5, 5.41) is 18.2. The average molecular weight is 295 g/mol. The number of amides is 1. The monoisotopic (exact) mass is 295 g/mol. The Morgan fingerprint density at radius 1 is 1.29 bits per heavy atom. The number of hydrogen-bond donors (Lipinski definition) is 2. The van der Waals surface area contributed by atoms with E-state index in [0.29, 0.717) is 5.56 Å². The zero-order chi connectivity index (χ0) is 15.6. The fourth-order valence-electron chi connectivity index (χ4n) is 2.37. The summed E-state index contributed by atoms with van der Waals surface area (Å²) in [4.78, 5) is 35.2. The van der Waals surface area contributed by atoms with Crippen LogP contribution in [0.2, 0.25) is 0 Å². The van der Waals surface area contributed by atoms with Gasteiger partial charge in [0.25, 0.3) is 0 Å². The largest absolute Gasteiger partial charge is 0.481 e. The molecule has 21 heavy (non-hydrogen) atoms. The molecule has 1 saturated heterocycles. The molecule has 6 nitrogen and oxygen atoms in total. The van der Waals surface area contributed by atoms with Gasteiger partial charge in [-0.2, -0.15) is 0 Å². The van der Waals surface area contributed by atoms with Crippen molar-refractivity contribution in [3.05, 3.63) is 35.6 Å². The molecule has 1 fully saturated rings. The molecule has 2 unspecified atom stereocenters. The van der Waals surface area contributed by atoms with E-state index in [2.05, 4.69) is 0 Å². The number of carbonyl (C=O) groups is 3. The first kappa shape index (κ1) is 15.0. The van der Waals surface area contributed by atoms with Gasteiger partial charge in [-0.25, -0.2) is 9.18 Å². The second-order valence-corrected chi connectivity index (χ2v) is 4.97. The molecule has 0 aliphatic carbocycles. The maximum Gasteiger partial charge on any atom is 0.326 e. The summed E-state index contributed by atoms with van der Waals surface area (Å²) in [6.07, 6.45) is -0.184. The third kappa shape index (κ3) is 3.36. The predicted molar refractivity (Wildman–Crippen MR) is 69.0 cm³/mol. The minimum absolute atomic E-state index is 0.00763. The smallest absolute Gasteiger partial charge is 0.326 e. The molecule has 2 N–H and O–H groups in total. The summed E-state index contributed by atoms with van der Waals surface area (Å²) in [7, 11) is 0. The molecule has 0 saturated carbocycles. The highest BCUT2D eigenvalue weighted by molar-refractivity contribution is 5.89. The summed E-state index contributed by atoms with van der Waals surface area (Å²) < 4.78 is 12.8. The first-order valence-corrected chi connectivity index (χ1v) is 6.38. The van der Waals surface area contributed by atoms with Gasteiger partial charge in [0.1, 0.15) is 11.9 Å². The fraction of sp³-hybridized carbons (Fsp3) is 0.357. The molecule has 1 aliphatic rings. The standard InChI is InChI=1S/C14H14FNO5/c15-10-3-1-8(2-4-10)5-11(14(20)21)16-7-9(13(18)19)6-12(16)17/h1-4,9,11H,5-7H2,(H,18,19)(H,20,21). The van der Waals surface area contributed by atoms with Crippen molar-refractivity contribution in [2.24, 2.45) is 5.92 Å². The molecule has 1 aromatic carbocycles. The van der Waals surface area contributed by atoms with E-state index < -0.39 is 35.6 Å². The van der Waals surface area contributed by atoms with Crippen molar-refractivity contribution in [1.82, 2.24) is 4.90 Å². The van der Waals surface area contributed by atoms with Gasteiger partial charge in [-0.15, -0.1) is 0 Å². The minimum Gasteiger partial charge on any atom is -0.481 e. The highest BCUT2D eigenvalue weighted by Gasteiger charge is 2.40. The predicted octanol–water partition coefficient (Wildman–Crippen LogP) is 0.754. The Balaban J connectivity index is 2.16. The van der Waals surface area contributed by atoms with Gasteiger partial charge in [0.15, 0.2) is 0 Å². The van der Waals surface area contributed by atoms with Crippen LogP contribution in [0.1, 0.15) is 12.0 Å². The second-order valence-electron chi connectivity index (χ2n) is 4.97. The fourth-order valence-corrected chi connectivity index (χ4v) is 2.37. The Labute approximate surface area is 119 Å². The van der Waals surface area contributed by atoms with E-state index in [-0.39, 0.29) is 19.4 Å². The Bertz CT molecular complexity index is 571. The van der Waals surface area contributed by atoms with Gasteiger partial charge in [-0.05, 0) is 17.7 Å². The number of aliphatic carboxylic acids is 2. The highest BCUT2D eigenvalue weighted by atomic mass is 19.1. The normalized spacial score (nSPS) is 19.6. The van der Waals surface area contributed by atoms with Crippen LogP contribution in [-0.4, -0.2) is 45.5 Å². The van der Waals surface area contributed by atoms with Gasteiger partial charge in [0.2, 0.25) is 5.91 Å². The molecule has 0 radical (unpaired) electrons. The van der Waals surface area contributed by atoms with Crippen LogP contribution in [0.25, 0.3) is 0 Å². The van der Waals surface area contributed by atoms with Crippen molar-refractivity contribution >= 4 is 17.8 Å². The van der Waals surface area contributed by atoms with Crippen molar-refractivity contribution in [2.75, 3.05) is 6.54 Å². The number of likely N-dealkylation sites (tertiary alicyclic amines) is 1. The quantitative estimate of drug-likeness (QED) is 0.836. The number of hydrogen-bond acceptors (Lipinski definition) is 3. The van der Waals surface area contributed by atoms with E-state index in [1.54, 1.807) is 0 Å². The van der Waals surface area contributed by atoms with Crippen LogP contribution >= 0.6 is 0 Å². The topological polar surface area (TPSA) is 94.9 Å². The van der Waals surface area contributed by atoms with Crippen LogP contribution < -0.4 is 0 Å². The number of nitrogens with zero attached hydrogens (tertiary/aromatic N) is 1. The summed E-state index contributed by atoms with van der Waals surface area (Å²) in [6.45, 7) is -0.119. The first-order chi connectivity index (χ1) is 9.88. The lowest BCUT2D eigenvalue weighted by Crippen LogP contribution is -2.44. The molecule has 1 amide bonds.